The number of carbonyl (C=O) groups excluding carboxylic acids is 1. The Labute approximate surface area is 163 Å². The van der Waals surface area contributed by atoms with Crippen molar-refractivity contribution in [3.63, 3.8) is 0 Å². The molecule has 1 amide bonds. The molecule has 3 heterocycles. The average molecular weight is 378 g/mol. The molecule has 5 nitrogen and oxygen atoms in total. The molecule has 4 rings (SSSR count). The Kier molecular flexibility index (Phi) is 5.21. The van der Waals surface area contributed by atoms with E-state index in [1.807, 2.05) is 12.3 Å². The van der Waals surface area contributed by atoms with E-state index in [4.69, 9.17) is 0 Å². The molecule has 1 N–H and O–H groups in total. The monoisotopic (exact) mass is 378 g/mol. The number of rotatable bonds is 5. The van der Waals surface area contributed by atoms with Crippen LogP contribution >= 0.6 is 0 Å². The highest BCUT2D eigenvalue weighted by molar-refractivity contribution is 5.90. The minimum Gasteiger partial charge on any atom is -0.346 e. The summed E-state index contributed by atoms with van der Waals surface area (Å²) >= 11 is 0. The van der Waals surface area contributed by atoms with Gasteiger partial charge in [0, 0.05) is 55.6 Å². The molecule has 3 aromatic rings. The molecule has 0 saturated carbocycles. The van der Waals surface area contributed by atoms with Crippen molar-refractivity contribution in [3.8, 4) is 0 Å². The van der Waals surface area contributed by atoms with Gasteiger partial charge < -0.3 is 9.88 Å². The van der Waals surface area contributed by atoms with Gasteiger partial charge >= 0.3 is 0 Å². The first kappa shape index (κ1) is 18.4. The SMILES string of the molecule is CN(Cc1ccccc1F)C(=O)CN1CC=C(c2c[nH]c3ncccc23)CC1. The largest absolute Gasteiger partial charge is 0.346 e. The maximum Gasteiger partial charge on any atom is 0.236 e. The number of likely N-dealkylation sites (N-methyl/N-ethyl adjacent to an activating group) is 1. The number of hydrogen-bond acceptors (Lipinski definition) is 3. The zero-order valence-electron chi connectivity index (χ0n) is 15.9. The first-order valence-electron chi connectivity index (χ1n) is 9.43. The van der Waals surface area contributed by atoms with Crippen molar-refractivity contribution in [2.24, 2.45) is 0 Å². The Bertz CT molecular complexity index is 1030. The van der Waals surface area contributed by atoms with Crippen molar-refractivity contribution < 1.29 is 9.18 Å². The number of pyridine rings is 1. The summed E-state index contributed by atoms with van der Waals surface area (Å²) < 4.78 is 13.8. The molecule has 0 spiro atoms. The van der Waals surface area contributed by atoms with E-state index in [1.165, 1.54) is 17.2 Å². The average Bonchev–Trinajstić information content (AvgIpc) is 3.14. The van der Waals surface area contributed by atoms with Crippen LogP contribution in [0.1, 0.15) is 17.5 Å². The lowest BCUT2D eigenvalue weighted by atomic mass is 9.99. The third-order valence-electron chi connectivity index (χ3n) is 5.24. The number of nitrogens with zero attached hydrogens (tertiary/aromatic N) is 3. The number of fused-ring (bicyclic) bond motifs is 1. The van der Waals surface area contributed by atoms with Gasteiger partial charge in [0.1, 0.15) is 11.5 Å². The molecular formula is C22H23FN4O. The second-order valence-corrected chi connectivity index (χ2v) is 7.16. The summed E-state index contributed by atoms with van der Waals surface area (Å²) in [4.78, 5) is 23.8. The van der Waals surface area contributed by atoms with Crippen molar-refractivity contribution in [1.82, 2.24) is 19.8 Å². The number of aromatic nitrogens is 2. The van der Waals surface area contributed by atoms with E-state index in [1.54, 1.807) is 36.3 Å². The number of aromatic amines is 1. The molecule has 0 bridgehead atoms. The van der Waals surface area contributed by atoms with Gasteiger partial charge in [0.25, 0.3) is 0 Å². The minimum absolute atomic E-state index is 0.00334. The number of H-pyrrole nitrogens is 1. The van der Waals surface area contributed by atoms with E-state index in [0.29, 0.717) is 12.1 Å². The fourth-order valence-corrected chi connectivity index (χ4v) is 3.60. The molecule has 0 unspecified atom stereocenters. The smallest absolute Gasteiger partial charge is 0.236 e. The summed E-state index contributed by atoms with van der Waals surface area (Å²) in [5.74, 6) is -0.280. The van der Waals surface area contributed by atoms with Gasteiger partial charge in [-0.2, -0.15) is 0 Å². The summed E-state index contributed by atoms with van der Waals surface area (Å²) in [6.07, 6.45) is 6.85. The summed E-state index contributed by atoms with van der Waals surface area (Å²) in [7, 11) is 1.72. The van der Waals surface area contributed by atoms with Gasteiger partial charge in [0.2, 0.25) is 5.91 Å². The number of amides is 1. The van der Waals surface area contributed by atoms with E-state index in [0.717, 1.165) is 30.5 Å². The van der Waals surface area contributed by atoms with Crippen LogP contribution in [-0.2, 0) is 11.3 Å². The van der Waals surface area contributed by atoms with Gasteiger partial charge in [-0.3, -0.25) is 9.69 Å². The van der Waals surface area contributed by atoms with E-state index >= 15 is 0 Å². The molecule has 28 heavy (non-hydrogen) atoms. The fourth-order valence-electron chi connectivity index (χ4n) is 3.60. The van der Waals surface area contributed by atoms with Crippen LogP contribution in [0, 0.1) is 5.82 Å². The lowest BCUT2D eigenvalue weighted by Crippen LogP contribution is -2.40. The zero-order valence-corrected chi connectivity index (χ0v) is 15.9. The number of halogens is 1. The Morgan fingerprint density at radius 2 is 2.14 bits per heavy atom. The van der Waals surface area contributed by atoms with Crippen molar-refractivity contribution in [2.75, 3.05) is 26.7 Å². The first-order chi connectivity index (χ1) is 13.6. The highest BCUT2D eigenvalue weighted by Gasteiger charge is 2.20. The van der Waals surface area contributed by atoms with Crippen molar-refractivity contribution in [2.45, 2.75) is 13.0 Å². The van der Waals surface area contributed by atoms with Crippen LogP contribution in [0.2, 0.25) is 0 Å². The molecule has 0 atom stereocenters. The molecule has 6 heteroatoms. The lowest BCUT2D eigenvalue weighted by Gasteiger charge is -2.28. The molecule has 0 saturated heterocycles. The quantitative estimate of drug-likeness (QED) is 0.740. The predicted molar refractivity (Wildman–Crippen MR) is 108 cm³/mol. The van der Waals surface area contributed by atoms with Crippen LogP contribution in [0.5, 0.6) is 0 Å². The Morgan fingerprint density at radius 3 is 2.93 bits per heavy atom. The molecule has 2 aromatic heterocycles. The Morgan fingerprint density at radius 1 is 1.29 bits per heavy atom. The molecule has 0 fully saturated rings. The molecule has 0 radical (unpaired) electrons. The Hall–Kier alpha value is -2.99. The van der Waals surface area contributed by atoms with Gasteiger partial charge in [-0.1, -0.05) is 24.3 Å². The van der Waals surface area contributed by atoms with Crippen LogP contribution < -0.4 is 0 Å². The normalized spacial score (nSPS) is 14.9. The minimum atomic E-state index is -0.277. The van der Waals surface area contributed by atoms with Crippen molar-refractivity contribution in [3.05, 3.63) is 71.8 Å². The number of benzene rings is 1. The van der Waals surface area contributed by atoms with Crippen LogP contribution in [0.4, 0.5) is 4.39 Å². The van der Waals surface area contributed by atoms with Gasteiger partial charge in [-0.05, 0) is 30.2 Å². The van der Waals surface area contributed by atoms with Crippen molar-refractivity contribution >= 4 is 22.5 Å². The maximum atomic E-state index is 13.8. The topological polar surface area (TPSA) is 52.2 Å². The summed E-state index contributed by atoms with van der Waals surface area (Å²) in [5, 5.41) is 1.13. The molecule has 0 aliphatic carbocycles. The van der Waals surface area contributed by atoms with Crippen LogP contribution in [0.15, 0.2) is 54.9 Å². The van der Waals surface area contributed by atoms with Gasteiger partial charge in [0.05, 0.1) is 6.54 Å². The molecule has 144 valence electrons. The molecule has 1 aliphatic heterocycles. The van der Waals surface area contributed by atoms with Gasteiger partial charge in [-0.25, -0.2) is 9.37 Å². The summed E-state index contributed by atoms with van der Waals surface area (Å²) in [6, 6.07) is 10.6. The van der Waals surface area contributed by atoms with E-state index in [9.17, 15) is 9.18 Å². The van der Waals surface area contributed by atoms with Gasteiger partial charge in [-0.15, -0.1) is 0 Å². The fraction of sp³-hybridized carbons (Fsp3) is 0.273. The van der Waals surface area contributed by atoms with Crippen LogP contribution in [0.3, 0.4) is 0 Å². The van der Waals surface area contributed by atoms with E-state index < -0.39 is 0 Å². The van der Waals surface area contributed by atoms with Crippen molar-refractivity contribution in [1.29, 1.82) is 0 Å². The first-order valence-corrected chi connectivity index (χ1v) is 9.43. The highest BCUT2D eigenvalue weighted by atomic mass is 19.1. The van der Waals surface area contributed by atoms with Crippen LogP contribution in [0.25, 0.3) is 16.6 Å². The number of nitrogens with one attached hydrogen (secondary N) is 1. The second kappa shape index (κ2) is 7.94. The molecule has 1 aromatic carbocycles. The Balaban J connectivity index is 1.37. The third-order valence-corrected chi connectivity index (χ3v) is 5.24. The standard InChI is InChI=1S/C22H23FN4O/c1-26(14-17-5-2-3-7-20(17)23)21(28)15-27-11-8-16(9-12-27)19-13-25-22-18(19)6-4-10-24-22/h2-8,10,13H,9,11-12,14-15H2,1H3,(H,24,25). The molecule has 1 aliphatic rings. The third kappa shape index (κ3) is 3.82. The zero-order chi connectivity index (χ0) is 19.5. The highest BCUT2D eigenvalue weighted by Crippen LogP contribution is 2.28. The second-order valence-electron chi connectivity index (χ2n) is 7.16. The summed E-state index contributed by atoms with van der Waals surface area (Å²) in [5.41, 5.74) is 3.89. The summed E-state index contributed by atoms with van der Waals surface area (Å²) in [6.45, 7) is 2.16. The molecular weight excluding hydrogens is 355 g/mol. The lowest BCUT2D eigenvalue weighted by molar-refractivity contribution is -0.131. The predicted octanol–water partition coefficient (Wildman–Crippen LogP) is 3.45. The maximum absolute atomic E-state index is 13.8. The van der Waals surface area contributed by atoms with E-state index in [-0.39, 0.29) is 18.3 Å². The van der Waals surface area contributed by atoms with Gasteiger partial charge in [0.15, 0.2) is 0 Å². The van der Waals surface area contributed by atoms with E-state index in [2.05, 4.69) is 27.0 Å². The van der Waals surface area contributed by atoms with Crippen LogP contribution in [-0.4, -0.2) is 52.4 Å². The number of carbonyl (C=O) groups is 1. The number of hydrogen-bond donors (Lipinski definition) is 1.